The lowest BCUT2D eigenvalue weighted by atomic mass is 10.0. The first kappa shape index (κ1) is 20.8. The van der Waals surface area contributed by atoms with Crippen LogP contribution in [0.5, 0.6) is 11.5 Å². The molecule has 1 heterocycles. The Morgan fingerprint density at radius 1 is 0.933 bits per heavy atom. The zero-order valence-electron chi connectivity index (χ0n) is 16.3. The number of sulfonamides is 1. The molecule has 8 heteroatoms. The SMILES string of the molecule is CC1Oc2ccc(S(=O)(=O)N(C)c3ccc(Cl)cc3Cc3ccccc3Cl)cc2O1. The summed E-state index contributed by atoms with van der Waals surface area (Å²) < 4.78 is 38.9. The van der Waals surface area contributed by atoms with E-state index in [2.05, 4.69) is 0 Å². The smallest absolute Gasteiger partial charge is 0.264 e. The number of halogens is 2. The molecule has 0 saturated heterocycles. The molecule has 0 bridgehead atoms. The molecule has 0 aliphatic carbocycles. The first-order valence-corrected chi connectivity index (χ1v) is 11.4. The normalized spacial score (nSPS) is 15.3. The molecule has 0 saturated carbocycles. The van der Waals surface area contributed by atoms with Crippen molar-refractivity contribution in [1.82, 2.24) is 0 Å². The van der Waals surface area contributed by atoms with E-state index in [9.17, 15) is 8.42 Å². The van der Waals surface area contributed by atoms with E-state index in [4.69, 9.17) is 32.7 Å². The maximum Gasteiger partial charge on any atom is 0.264 e. The van der Waals surface area contributed by atoms with Gasteiger partial charge in [-0.1, -0.05) is 41.4 Å². The summed E-state index contributed by atoms with van der Waals surface area (Å²) >= 11 is 12.5. The molecule has 5 nitrogen and oxygen atoms in total. The van der Waals surface area contributed by atoms with Crippen molar-refractivity contribution in [2.45, 2.75) is 24.5 Å². The Morgan fingerprint density at radius 2 is 1.67 bits per heavy atom. The Kier molecular flexibility index (Phi) is 5.57. The second-order valence-electron chi connectivity index (χ2n) is 6.93. The molecule has 0 radical (unpaired) electrons. The Labute approximate surface area is 185 Å². The van der Waals surface area contributed by atoms with Crippen molar-refractivity contribution in [3.05, 3.63) is 81.8 Å². The summed E-state index contributed by atoms with van der Waals surface area (Å²) in [6, 6.07) is 17.2. The highest BCUT2D eigenvalue weighted by Crippen LogP contribution is 2.38. The minimum absolute atomic E-state index is 0.111. The molecular formula is C22H19Cl2NO4S. The first-order chi connectivity index (χ1) is 14.3. The molecule has 0 amide bonds. The summed E-state index contributed by atoms with van der Waals surface area (Å²) in [6.07, 6.45) is -0.0113. The molecule has 3 aromatic carbocycles. The summed E-state index contributed by atoms with van der Waals surface area (Å²) in [5, 5.41) is 1.13. The molecule has 1 aliphatic heterocycles. The molecule has 1 unspecified atom stereocenters. The van der Waals surface area contributed by atoms with E-state index in [-0.39, 0.29) is 4.90 Å². The second kappa shape index (κ2) is 8.02. The zero-order chi connectivity index (χ0) is 21.5. The fourth-order valence-corrected chi connectivity index (χ4v) is 5.00. The summed E-state index contributed by atoms with van der Waals surface area (Å²) in [7, 11) is -2.33. The van der Waals surface area contributed by atoms with Gasteiger partial charge in [-0.05, 0) is 47.5 Å². The fraction of sp³-hybridized carbons (Fsp3) is 0.182. The molecule has 1 atom stereocenters. The Morgan fingerprint density at radius 3 is 2.43 bits per heavy atom. The van der Waals surface area contributed by atoms with Crippen LogP contribution >= 0.6 is 23.2 Å². The molecule has 0 fully saturated rings. The molecule has 4 rings (SSSR count). The molecular weight excluding hydrogens is 445 g/mol. The lowest BCUT2D eigenvalue weighted by Gasteiger charge is -2.23. The van der Waals surface area contributed by atoms with Gasteiger partial charge in [0.05, 0.1) is 10.6 Å². The van der Waals surface area contributed by atoms with Crippen molar-refractivity contribution in [2.75, 3.05) is 11.4 Å². The highest BCUT2D eigenvalue weighted by molar-refractivity contribution is 7.92. The molecule has 30 heavy (non-hydrogen) atoms. The lowest BCUT2D eigenvalue weighted by Crippen LogP contribution is -2.27. The van der Waals surface area contributed by atoms with Crippen LogP contribution in [0.1, 0.15) is 18.1 Å². The van der Waals surface area contributed by atoms with Gasteiger partial charge >= 0.3 is 0 Å². The van der Waals surface area contributed by atoms with Crippen LogP contribution in [-0.2, 0) is 16.4 Å². The highest BCUT2D eigenvalue weighted by Gasteiger charge is 2.28. The van der Waals surface area contributed by atoms with E-state index in [1.54, 1.807) is 37.3 Å². The van der Waals surface area contributed by atoms with Crippen LogP contribution in [0.4, 0.5) is 5.69 Å². The third-order valence-electron chi connectivity index (χ3n) is 4.88. The average molecular weight is 464 g/mol. The van der Waals surface area contributed by atoms with Crippen LogP contribution < -0.4 is 13.8 Å². The molecule has 1 aliphatic rings. The summed E-state index contributed by atoms with van der Waals surface area (Å²) in [6.45, 7) is 1.75. The Bertz CT molecular complexity index is 1210. The van der Waals surface area contributed by atoms with Crippen LogP contribution in [0.15, 0.2) is 65.6 Å². The predicted molar refractivity (Wildman–Crippen MR) is 118 cm³/mol. The summed E-state index contributed by atoms with van der Waals surface area (Å²) in [5.74, 6) is 0.930. The minimum atomic E-state index is -3.85. The second-order valence-corrected chi connectivity index (χ2v) is 9.74. The standard InChI is InChI=1S/C22H19Cl2NO4S/c1-14-28-21-10-8-18(13-22(21)29-14)30(26,27)25(2)20-9-7-17(23)12-16(20)11-15-5-3-4-6-19(15)24/h3-10,12-14H,11H2,1-2H3. The molecule has 0 aromatic heterocycles. The monoisotopic (exact) mass is 463 g/mol. The van der Waals surface area contributed by atoms with Crippen molar-refractivity contribution >= 4 is 38.9 Å². The predicted octanol–water partition coefficient (Wildman–Crippen LogP) is 5.53. The number of fused-ring (bicyclic) bond motifs is 1. The van der Waals surface area contributed by atoms with Gasteiger partial charge < -0.3 is 9.47 Å². The van der Waals surface area contributed by atoms with Crippen LogP contribution in [-0.4, -0.2) is 21.8 Å². The van der Waals surface area contributed by atoms with E-state index in [1.165, 1.54) is 23.5 Å². The van der Waals surface area contributed by atoms with E-state index >= 15 is 0 Å². The molecule has 156 valence electrons. The van der Waals surface area contributed by atoms with Gasteiger partial charge in [0.1, 0.15) is 0 Å². The number of rotatable bonds is 5. The fourth-order valence-electron chi connectivity index (χ4n) is 3.36. The number of ether oxygens (including phenoxy) is 2. The van der Waals surface area contributed by atoms with Gasteiger partial charge in [-0.25, -0.2) is 8.42 Å². The Balaban J connectivity index is 1.72. The van der Waals surface area contributed by atoms with Crippen LogP contribution in [0.25, 0.3) is 0 Å². The van der Waals surface area contributed by atoms with Crippen LogP contribution in [0.2, 0.25) is 10.0 Å². The van der Waals surface area contributed by atoms with Gasteiger partial charge in [0.15, 0.2) is 11.5 Å². The molecule has 3 aromatic rings. The third kappa shape index (κ3) is 3.95. The van der Waals surface area contributed by atoms with Gasteiger partial charge in [-0.2, -0.15) is 0 Å². The van der Waals surface area contributed by atoms with Crippen molar-refractivity contribution in [2.24, 2.45) is 0 Å². The van der Waals surface area contributed by atoms with Crippen LogP contribution in [0, 0.1) is 0 Å². The van der Waals surface area contributed by atoms with E-state index in [0.29, 0.717) is 33.7 Å². The summed E-state index contributed by atoms with van der Waals surface area (Å²) in [4.78, 5) is 0.111. The number of hydrogen-bond acceptors (Lipinski definition) is 4. The average Bonchev–Trinajstić information content (AvgIpc) is 3.08. The van der Waals surface area contributed by atoms with Crippen molar-refractivity contribution < 1.29 is 17.9 Å². The van der Waals surface area contributed by atoms with E-state index in [0.717, 1.165) is 11.1 Å². The topological polar surface area (TPSA) is 55.8 Å². The van der Waals surface area contributed by atoms with Crippen molar-refractivity contribution in [1.29, 1.82) is 0 Å². The maximum absolute atomic E-state index is 13.3. The van der Waals surface area contributed by atoms with Gasteiger partial charge in [0.25, 0.3) is 10.0 Å². The minimum Gasteiger partial charge on any atom is -0.451 e. The van der Waals surface area contributed by atoms with E-state index < -0.39 is 16.3 Å². The first-order valence-electron chi connectivity index (χ1n) is 9.24. The van der Waals surface area contributed by atoms with Crippen LogP contribution in [0.3, 0.4) is 0 Å². The van der Waals surface area contributed by atoms with Crippen molar-refractivity contribution in [3.8, 4) is 11.5 Å². The Hall–Kier alpha value is -2.41. The number of nitrogens with zero attached hydrogens (tertiary/aromatic N) is 1. The van der Waals surface area contributed by atoms with E-state index in [1.807, 2.05) is 18.2 Å². The number of anilines is 1. The van der Waals surface area contributed by atoms with Gasteiger partial charge in [-0.15, -0.1) is 0 Å². The summed E-state index contributed by atoms with van der Waals surface area (Å²) in [5.41, 5.74) is 2.15. The lowest BCUT2D eigenvalue weighted by molar-refractivity contribution is 0.0678. The van der Waals surface area contributed by atoms with Gasteiger partial charge in [-0.3, -0.25) is 4.31 Å². The molecule has 0 spiro atoms. The molecule has 0 N–H and O–H groups in total. The zero-order valence-corrected chi connectivity index (χ0v) is 18.6. The maximum atomic E-state index is 13.3. The largest absolute Gasteiger partial charge is 0.451 e. The van der Waals surface area contributed by atoms with Crippen molar-refractivity contribution in [3.63, 3.8) is 0 Å². The third-order valence-corrected chi connectivity index (χ3v) is 7.25. The quantitative estimate of drug-likeness (QED) is 0.499. The highest BCUT2D eigenvalue weighted by atomic mass is 35.5. The van der Waals surface area contributed by atoms with Gasteiger partial charge in [0.2, 0.25) is 6.29 Å². The van der Waals surface area contributed by atoms with Gasteiger partial charge in [0, 0.05) is 36.5 Å². The number of benzene rings is 3. The number of hydrogen-bond donors (Lipinski definition) is 0.